The number of nitrogens with one attached hydrogen (secondary N) is 1. The van der Waals surface area contributed by atoms with E-state index in [1.807, 2.05) is 0 Å². The fourth-order valence-corrected chi connectivity index (χ4v) is 2.93. The van der Waals surface area contributed by atoms with Gasteiger partial charge in [-0.05, 0) is 46.3 Å². The van der Waals surface area contributed by atoms with Crippen LogP contribution in [0.1, 0.15) is 5.56 Å². The lowest BCUT2D eigenvalue weighted by molar-refractivity contribution is -0.123. The summed E-state index contributed by atoms with van der Waals surface area (Å²) >= 11 is 20.7. The Hall–Kier alpha value is -1.47. The van der Waals surface area contributed by atoms with Crippen molar-refractivity contribution in [3.8, 4) is 11.5 Å². The lowest BCUT2D eigenvalue weighted by Crippen LogP contribution is -2.24. The zero-order valence-electron chi connectivity index (χ0n) is 11.9. The molecule has 2 rings (SSSR count). The molecule has 0 aromatic heterocycles. The number of rotatable bonds is 5. The fraction of sp³-hybridized carbons (Fsp3) is 0.0667. The van der Waals surface area contributed by atoms with Gasteiger partial charge in [0.1, 0.15) is 11.5 Å². The van der Waals surface area contributed by atoms with Crippen LogP contribution in [-0.2, 0) is 4.79 Å². The number of hydrazone groups is 1. The number of carbonyl (C=O) groups excluding carboxylic acids is 1. The minimum Gasteiger partial charge on any atom is -0.506 e. The average molecular weight is 453 g/mol. The molecule has 0 unspecified atom stereocenters. The van der Waals surface area contributed by atoms with Crippen molar-refractivity contribution in [3.63, 3.8) is 0 Å². The smallest absolute Gasteiger partial charge is 0.277 e. The van der Waals surface area contributed by atoms with Gasteiger partial charge in [-0.1, -0.05) is 34.8 Å². The predicted octanol–water partition coefficient (Wildman–Crippen LogP) is 4.64. The summed E-state index contributed by atoms with van der Waals surface area (Å²) in [6, 6.07) is 7.78. The zero-order chi connectivity index (χ0) is 17.7. The Morgan fingerprint density at radius 1 is 1.25 bits per heavy atom. The molecule has 0 spiro atoms. The molecule has 2 aromatic rings. The van der Waals surface area contributed by atoms with E-state index < -0.39 is 5.91 Å². The number of aromatic hydroxyl groups is 1. The number of hydrogen-bond acceptors (Lipinski definition) is 4. The maximum atomic E-state index is 11.7. The van der Waals surface area contributed by atoms with Crippen LogP contribution in [0, 0.1) is 0 Å². The lowest BCUT2D eigenvalue weighted by atomic mass is 10.2. The highest BCUT2D eigenvalue weighted by atomic mass is 79.9. The molecule has 1 amide bonds. The van der Waals surface area contributed by atoms with E-state index >= 15 is 0 Å². The Labute approximate surface area is 161 Å². The Bertz CT molecular complexity index is 800. The van der Waals surface area contributed by atoms with Crippen molar-refractivity contribution in [1.29, 1.82) is 0 Å². The first-order valence-electron chi connectivity index (χ1n) is 6.44. The molecule has 0 saturated carbocycles. The van der Waals surface area contributed by atoms with E-state index in [1.54, 1.807) is 18.2 Å². The van der Waals surface area contributed by atoms with Crippen LogP contribution in [-0.4, -0.2) is 23.8 Å². The largest absolute Gasteiger partial charge is 0.506 e. The molecule has 0 heterocycles. The number of carbonyl (C=O) groups is 1. The van der Waals surface area contributed by atoms with Crippen molar-refractivity contribution in [2.45, 2.75) is 0 Å². The third-order valence-corrected chi connectivity index (χ3v) is 4.06. The molecule has 0 radical (unpaired) electrons. The number of nitrogens with zero attached hydrogens (tertiary/aromatic N) is 1. The summed E-state index contributed by atoms with van der Waals surface area (Å²) in [7, 11) is 0. The summed E-state index contributed by atoms with van der Waals surface area (Å²) in [6.07, 6.45) is 1.23. The third-order valence-electron chi connectivity index (χ3n) is 2.70. The van der Waals surface area contributed by atoms with Crippen LogP contribution in [0.2, 0.25) is 15.1 Å². The Morgan fingerprint density at radius 2 is 2.00 bits per heavy atom. The molecular weight excluding hydrogens is 442 g/mol. The van der Waals surface area contributed by atoms with Crippen LogP contribution in [0.3, 0.4) is 0 Å². The van der Waals surface area contributed by atoms with E-state index in [2.05, 4.69) is 26.5 Å². The van der Waals surface area contributed by atoms with Crippen molar-refractivity contribution in [1.82, 2.24) is 5.43 Å². The van der Waals surface area contributed by atoms with Crippen LogP contribution in [0.5, 0.6) is 11.5 Å². The van der Waals surface area contributed by atoms with E-state index in [0.717, 1.165) is 0 Å². The van der Waals surface area contributed by atoms with Gasteiger partial charge in [0.05, 0.1) is 15.7 Å². The van der Waals surface area contributed by atoms with Gasteiger partial charge in [-0.25, -0.2) is 5.43 Å². The fourth-order valence-electron chi connectivity index (χ4n) is 1.63. The van der Waals surface area contributed by atoms with Crippen LogP contribution in [0.4, 0.5) is 0 Å². The molecule has 0 atom stereocenters. The van der Waals surface area contributed by atoms with Gasteiger partial charge < -0.3 is 9.84 Å². The van der Waals surface area contributed by atoms with Gasteiger partial charge >= 0.3 is 0 Å². The SMILES string of the molecule is O=C(COc1ccc(Cl)cc1Br)N/N=C/c1cc(Cl)cc(Cl)c1O. The maximum absolute atomic E-state index is 11.7. The molecule has 5 nitrogen and oxygen atoms in total. The quantitative estimate of drug-likeness (QED) is 0.513. The van der Waals surface area contributed by atoms with Gasteiger partial charge in [0, 0.05) is 15.6 Å². The molecule has 2 N–H and O–H groups in total. The van der Waals surface area contributed by atoms with Gasteiger partial charge in [-0.15, -0.1) is 0 Å². The second-order valence-corrected chi connectivity index (χ2v) is 6.62. The molecule has 0 fully saturated rings. The van der Waals surface area contributed by atoms with Gasteiger partial charge in [-0.2, -0.15) is 5.10 Å². The van der Waals surface area contributed by atoms with Gasteiger partial charge in [0.25, 0.3) is 5.91 Å². The second kappa shape index (κ2) is 8.58. The average Bonchev–Trinajstić information content (AvgIpc) is 2.51. The summed E-state index contributed by atoms with van der Waals surface area (Å²) in [6.45, 7) is -0.250. The molecule has 126 valence electrons. The van der Waals surface area contributed by atoms with Crippen molar-refractivity contribution in [2.75, 3.05) is 6.61 Å². The molecule has 2 aromatic carbocycles. The number of benzene rings is 2. The second-order valence-electron chi connectivity index (χ2n) is 4.48. The molecular formula is C15H10BrCl3N2O3. The maximum Gasteiger partial charge on any atom is 0.277 e. The highest BCUT2D eigenvalue weighted by Crippen LogP contribution is 2.30. The monoisotopic (exact) mass is 450 g/mol. The topological polar surface area (TPSA) is 70.9 Å². The molecule has 0 aliphatic carbocycles. The normalized spacial score (nSPS) is 10.8. The summed E-state index contributed by atoms with van der Waals surface area (Å²) in [5.41, 5.74) is 2.54. The Morgan fingerprint density at radius 3 is 2.71 bits per heavy atom. The van der Waals surface area contributed by atoms with E-state index in [9.17, 15) is 9.90 Å². The molecule has 9 heteroatoms. The number of hydrogen-bond donors (Lipinski definition) is 2. The highest BCUT2D eigenvalue weighted by molar-refractivity contribution is 9.10. The summed E-state index contributed by atoms with van der Waals surface area (Å²) in [5.74, 6) is -0.195. The first kappa shape index (κ1) is 18.9. The first-order valence-corrected chi connectivity index (χ1v) is 8.37. The molecule has 24 heavy (non-hydrogen) atoms. The predicted molar refractivity (Wildman–Crippen MR) is 98.5 cm³/mol. The van der Waals surface area contributed by atoms with Crippen LogP contribution < -0.4 is 10.2 Å². The number of amides is 1. The Kier molecular flexibility index (Phi) is 6.74. The minimum atomic E-state index is -0.485. The van der Waals surface area contributed by atoms with Gasteiger partial charge in [0.15, 0.2) is 6.61 Å². The van der Waals surface area contributed by atoms with E-state index in [0.29, 0.717) is 20.3 Å². The number of ether oxygens (including phenoxy) is 1. The van der Waals surface area contributed by atoms with Crippen LogP contribution in [0.15, 0.2) is 39.9 Å². The van der Waals surface area contributed by atoms with E-state index in [-0.39, 0.29) is 22.9 Å². The molecule has 0 bridgehead atoms. The molecule has 0 aliphatic rings. The highest BCUT2D eigenvalue weighted by Gasteiger charge is 2.07. The van der Waals surface area contributed by atoms with Crippen molar-refractivity contribution < 1.29 is 14.6 Å². The Balaban J connectivity index is 1.91. The number of halogens is 4. The minimum absolute atomic E-state index is 0.0891. The molecule has 0 aliphatic heterocycles. The standard InChI is InChI=1S/C15H10BrCl3N2O3/c16-11-4-9(17)1-2-13(11)24-7-14(22)21-20-6-8-3-10(18)5-12(19)15(8)23/h1-6,23H,7H2,(H,21,22)/b20-6+. The van der Waals surface area contributed by atoms with E-state index in [1.165, 1.54) is 18.3 Å². The number of phenolic OH excluding ortho intramolecular Hbond substituents is 1. The van der Waals surface area contributed by atoms with Crippen LogP contribution in [0.25, 0.3) is 0 Å². The zero-order valence-corrected chi connectivity index (χ0v) is 15.7. The van der Waals surface area contributed by atoms with Crippen molar-refractivity contribution in [2.24, 2.45) is 5.10 Å². The van der Waals surface area contributed by atoms with Crippen LogP contribution >= 0.6 is 50.7 Å². The van der Waals surface area contributed by atoms with E-state index in [4.69, 9.17) is 39.5 Å². The summed E-state index contributed by atoms with van der Waals surface area (Å²) in [5, 5.41) is 14.4. The van der Waals surface area contributed by atoms with Gasteiger partial charge in [0.2, 0.25) is 0 Å². The van der Waals surface area contributed by atoms with Gasteiger partial charge in [-0.3, -0.25) is 4.79 Å². The summed E-state index contributed by atoms with van der Waals surface area (Å²) < 4.78 is 5.96. The lowest BCUT2D eigenvalue weighted by Gasteiger charge is -2.07. The molecule has 0 saturated heterocycles. The third kappa shape index (κ3) is 5.27. The first-order chi connectivity index (χ1) is 11.4. The van der Waals surface area contributed by atoms with Crippen molar-refractivity contribution in [3.05, 3.63) is 55.4 Å². The van der Waals surface area contributed by atoms with Crippen molar-refractivity contribution >= 4 is 62.9 Å². The summed E-state index contributed by atoms with van der Waals surface area (Å²) in [4.78, 5) is 11.7. The number of phenols is 1.